The van der Waals surface area contributed by atoms with E-state index in [1.54, 1.807) is 19.6 Å². The van der Waals surface area contributed by atoms with E-state index in [-0.39, 0.29) is 98.3 Å². The summed E-state index contributed by atoms with van der Waals surface area (Å²) in [6.07, 6.45) is 0. The van der Waals surface area contributed by atoms with E-state index < -0.39 is 17.9 Å². The number of hydrogen-bond donors (Lipinski definition) is 3. The molecule has 14 heteroatoms. The first kappa shape index (κ1) is 30.0. The van der Waals surface area contributed by atoms with Gasteiger partial charge in [0.05, 0.1) is 31.7 Å². The van der Waals surface area contributed by atoms with E-state index in [1.165, 1.54) is 0 Å². The minimum atomic E-state index is -1.27. The minimum absolute atomic E-state index is 0. The summed E-state index contributed by atoms with van der Waals surface area (Å²) in [5.74, 6) is -3.83. The van der Waals surface area contributed by atoms with Crippen molar-refractivity contribution in [1.82, 2.24) is 24.9 Å². The Bertz CT molecular complexity index is 565. The van der Waals surface area contributed by atoms with Crippen LogP contribution < -0.4 is 21.3 Å². The molecule has 0 unspecified atom stereocenters. The van der Waals surface area contributed by atoms with Gasteiger partial charge < -0.3 is 36.0 Å². The van der Waals surface area contributed by atoms with E-state index in [1.807, 2.05) is 0 Å². The first-order valence-corrected chi connectivity index (χ1v) is 9.67. The molecule has 0 aromatic rings. The van der Waals surface area contributed by atoms with Crippen LogP contribution in [0, 0.1) is 39.9 Å². The van der Waals surface area contributed by atoms with E-state index in [4.69, 9.17) is 10.8 Å². The average molecular weight is 588 g/mol. The molecule has 0 aliphatic carbocycles. The molecule has 1 heterocycles. The van der Waals surface area contributed by atoms with Gasteiger partial charge in [-0.05, 0) is 0 Å². The number of nitrogens with two attached hydrogens (primary N) is 1. The molecule has 0 aromatic heterocycles. The molecule has 0 saturated carbocycles. The fourth-order valence-electron chi connectivity index (χ4n) is 3.14. The zero-order chi connectivity index (χ0) is 22.5. The Balaban J connectivity index is 0.00000900. The van der Waals surface area contributed by atoms with E-state index in [2.05, 4.69) is 5.32 Å². The normalized spacial score (nSPS) is 18.2. The number of carboxylic acid groups (broad SMARTS) is 3. The molecular formula is C17H30GdN6O7-2. The van der Waals surface area contributed by atoms with Crippen molar-refractivity contribution in [2.24, 2.45) is 5.73 Å². The molecule has 0 atom stereocenters. The maximum atomic E-state index is 11.9. The van der Waals surface area contributed by atoms with Gasteiger partial charge in [-0.1, -0.05) is 0 Å². The van der Waals surface area contributed by atoms with E-state index in [0.29, 0.717) is 32.7 Å². The van der Waals surface area contributed by atoms with Crippen LogP contribution in [0.4, 0.5) is 0 Å². The maximum absolute atomic E-state index is 11.9. The molecule has 13 nitrogen and oxygen atoms in total. The predicted octanol–water partition coefficient (Wildman–Crippen LogP) is -6.18. The Hall–Kier alpha value is -0.995. The second-order valence-corrected chi connectivity index (χ2v) is 7.05. The molecule has 0 radical (unpaired) electrons. The zero-order valence-corrected chi connectivity index (χ0v) is 19.6. The summed E-state index contributed by atoms with van der Waals surface area (Å²) >= 11 is 0. The van der Waals surface area contributed by atoms with Crippen molar-refractivity contribution in [3.63, 3.8) is 0 Å². The van der Waals surface area contributed by atoms with Crippen molar-refractivity contribution in [2.45, 2.75) is 0 Å². The van der Waals surface area contributed by atoms with Crippen LogP contribution in [0.5, 0.6) is 0 Å². The second-order valence-electron chi connectivity index (χ2n) is 7.05. The predicted molar refractivity (Wildman–Crippen MR) is 101 cm³/mol. The number of hydrogen-bond acceptors (Lipinski definition) is 11. The number of rotatable bonds is 9. The third-order valence-electron chi connectivity index (χ3n) is 4.66. The molecule has 1 amide bonds. The number of carboxylic acids is 3. The van der Waals surface area contributed by atoms with Gasteiger partial charge in [-0.15, -0.1) is 0 Å². The van der Waals surface area contributed by atoms with Gasteiger partial charge in [0.25, 0.3) is 0 Å². The number of carbonyl (C=O) groups excluding carboxylic acids is 3. The molecule has 0 spiro atoms. The molecule has 1 saturated heterocycles. The zero-order valence-electron chi connectivity index (χ0n) is 17.3. The molecular weight excluding hydrogens is 557 g/mol. The summed E-state index contributed by atoms with van der Waals surface area (Å²) in [6, 6.07) is 0. The van der Waals surface area contributed by atoms with Crippen molar-refractivity contribution in [1.29, 1.82) is 0 Å². The topological polar surface area (TPSA) is 186 Å². The third kappa shape index (κ3) is 14.6. The quantitative estimate of drug-likeness (QED) is 0.217. The summed E-state index contributed by atoms with van der Waals surface area (Å²) in [5.41, 5.74) is 5.32. The Morgan fingerprint density at radius 1 is 0.710 bits per heavy atom. The van der Waals surface area contributed by atoms with Gasteiger partial charge in [0.2, 0.25) is 5.91 Å². The van der Waals surface area contributed by atoms with Crippen molar-refractivity contribution in [3.8, 4) is 0 Å². The first-order valence-electron chi connectivity index (χ1n) is 9.67. The monoisotopic (exact) mass is 588 g/mol. The van der Waals surface area contributed by atoms with Gasteiger partial charge in [-0.2, -0.15) is 0 Å². The third-order valence-corrected chi connectivity index (χ3v) is 4.66. The van der Waals surface area contributed by atoms with Gasteiger partial charge in [0.1, 0.15) is 0 Å². The molecule has 180 valence electrons. The summed E-state index contributed by atoms with van der Waals surface area (Å²) in [6.45, 7) is 1.59. The maximum Gasteiger partial charge on any atom is 0.317 e. The fourth-order valence-corrected chi connectivity index (χ4v) is 3.14. The van der Waals surface area contributed by atoms with Gasteiger partial charge in [-0.25, -0.2) is 0 Å². The van der Waals surface area contributed by atoms with Crippen molar-refractivity contribution in [2.75, 3.05) is 85.2 Å². The summed E-state index contributed by atoms with van der Waals surface area (Å²) < 4.78 is 0. The first-order chi connectivity index (χ1) is 14.2. The van der Waals surface area contributed by atoms with E-state index in [9.17, 15) is 29.4 Å². The summed E-state index contributed by atoms with van der Waals surface area (Å²) in [5, 5.41) is 33.7. The van der Waals surface area contributed by atoms with E-state index >= 15 is 0 Å². The largest absolute Gasteiger partial charge is 0.549 e. The van der Waals surface area contributed by atoms with Crippen LogP contribution in [0.2, 0.25) is 0 Å². The van der Waals surface area contributed by atoms with Crippen LogP contribution in [0.15, 0.2) is 0 Å². The van der Waals surface area contributed by atoms with Crippen molar-refractivity contribution in [3.05, 3.63) is 0 Å². The van der Waals surface area contributed by atoms with Crippen LogP contribution in [0.1, 0.15) is 0 Å². The van der Waals surface area contributed by atoms with Gasteiger partial charge >= 0.3 is 5.97 Å². The molecule has 1 aliphatic rings. The Labute approximate surface area is 213 Å². The number of nitrogens with one attached hydrogen (secondary N) is 1. The Morgan fingerprint density at radius 3 is 1.32 bits per heavy atom. The second kappa shape index (κ2) is 16.6. The average Bonchev–Trinajstić information content (AvgIpc) is 2.62. The van der Waals surface area contributed by atoms with E-state index in [0.717, 1.165) is 0 Å². The van der Waals surface area contributed by atoms with Gasteiger partial charge in [0.15, 0.2) is 0 Å². The number of aliphatic carboxylic acids is 3. The molecule has 31 heavy (non-hydrogen) atoms. The molecule has 0 bridgehead atoms. The SMILES string of the molecule is NCNC(=O)CN1CCN(CC(=O)[O-])CCN(CC(=O)[O-])CCN(CC(=O)O)CC1.[Gd]. The molecule has 1 aliphatic heterocycles. The van der Waals surface area contributed by atoms with Crippen molar-refractivity contribution >= 4 is 23.8 Å². The van der Waals surface area contributed by atoms with Crippen molar-refractivity contribution < 1.29 is 74.4 Å². The van der Waals surface area contributed by atoms with Crippen LogP contribution >= 0.6 is 0 Å². The Morgan fingerprint density at radius 2 is 1.03 bits per heavy atom. The number of nitrogens with zero attached hydrogens (tertiary/aromatic N) is 4. The number of amides is 1. The molecule has 4 N–H and O–H groups in total. The molecule has 1 fully saturated rings. The van der Waals surface area contributed by atoms with Crippen LogP contribution in [-0.4, -0.2) is 134 Å². The number of carbonyl (C=O) groups is 4. The Kier molecular flexibility index (Phi) is 16.1. The summed E-state index contributed by atoms with van der Waals surface area (Å²) in [4.78, 5) is 51.8. The fraction of sp³-hybridized carbons (Fsp3) is 0.765. The van der Waals surface area contributed by atoms with Crippen LogP contribution in [0.3, 0.4) is 0 Å². The molecule has 1 rings (SSSR count). The smallest absolute Gasteiger partial charge is 0.317 e. The standard InChI is InChI=1S/C17H32N6O7.Gd/c18-13-19-14(24)9-20-1-3-21(10-15(25)26)5-7-23(12-17(29)30)8-6-22(4-2-20)11-16(27)28;/h1-13,18H2,(H,19,24)(H,25,26)(H,27,28)(H,29,30);/p-2. The minimum Gasteiger partial charge on any atom is -0.549 e. The van der Waals surface area contributed by atoms with Gasteiger partial charge in [-0.3, -0.25) is 29.2 Å². The van der Waals surface area contributed by atoms with Crippen LogP contribution in [-0.2, 0) is 19.2 Å². The van der Waals surface area contributed by atoms with Gasteiger partial charge in [0, 0.05) is 105 Å². The summed E-state index contributed by atoms with van der Waals surface area (Å²) in [7, 11) is 0. The van der Waals surface area contributed by atoms with Crippen LogP contribution in [0.25, 0.3) is 0 Å². The molecule has 0 aromatic carbocycles.